The second-order valence-corrected chi connectivity index (χ2v) is 4.57. The van der Waals surface area contributed by atoms with Crippen LogP contribution in [0.2, 0.25) is 0 Å². The first-order valence-electron chi connectivity index (χ1n) is 6.52. The van der Waals surface area contributed by atoms with E-state index < -0.39 is 24.1 Å². The summed E-state index contributed by atoms with van der Waals surface area (Å²) in [7, 11) is 1.53. The van der Waals surface area contributed by atoms with E-state index in [9.17, 15) is 14.4 Å². The number of hydrogen-bond acceptors (Lipinski definition) is 3. The number of likely N-dealkylation sites (N-methyl/N-ethyl adjacent to an activating group) is 1. The topological polar surface area (TPSA) is 98.7 Å². The quantitative estimate of drug-likeness (QED) is 0.678. The van der Waals surface area contributed by atoms with Crippen LogP contribution in [0.25, 0.3) is 0 Å². The van der Waals surface area contributed by atoms with Crippen molar-refractivity contribution in [3.63, 3.8) is 0 Å². The molecule has 1 aliphatic rings. The largest absolute Gasteiger partial charge is 0.480 e. The zero-order valence-corrected chi connectivity index (χ0v) is 11.3. The average Bonchev–Trinajstić information content (AvgIpc) is 2.43. The number of rotatable bonds is 4. The highest BCUT2D eigenvalue weighted by Crippen LogP contribution is 2.17. The van der Waals surface area contributed by atoms with Crippen molar-refractivity contribution >= 4 is 17.9 Å². The van der Waals surface area contributed by atoms with Crippen molar-refractivity contribution in [2.45, 2.75) is 44.7 Å². The van der Waals surface area contributed by atoms with Gasteiger partial charge in [0.1, 0.15) is 12.1 Å². The lowest BCUT2D eigenvalue weighted by molar-refractivity contribution is -0.139. The molecule has 0 aromatic heterocycles. The Balaban J connectivity index is 2.71. The molecule has 0 aromatic carbocycles. The van der Waals surface area contributed by atoms with E-state index in [1.807, 2.05) is 0 Å². The summed E-state index contributed by atoms with van der Waals surface area (Å²) in [5.74, 6) is -1.28. The summed E-state index contributed by atoms with van der Waals surface area (Å²) in [4.78, 5) is 36.1. The molecule has 0 spiro atoms. The number of carbonyl (C=O) groups excluding carboxylic acids is 2. The molecule has 7 heteroatoms. The first-order valence-corrected chi connectivity index (χ1v) is 6.52. The Morgan fingerprint density at radius 3 is 2.58 bits per heavy atom. The molecule has 2 unspecified atom stereocenters. The zero-order chi connectivity index (χ0) is 14.4. The fraction of sp³-hybridized carbons (Fsp3) is 0.750. The Bertz CT molecular complexity index is 359. The second kappa shape index (κ2) is 6.96. The Morgan fingerprint density at radius 2 is 2.05 bits per heavy atom. The summed E-state index contributed by atoms with van der Waals surface area (Å²) in [6.07, 6.45) is 2.62. The van der Waals surface area contributed by atoms with Gasteiger partial charge in [-0.05, 0) is 25.7 Å². The third kappa shape index (κ3) is 3.84. The molecule has 0 aliphatic carbocycles. The predicted octanol–water partition coefficient (Wildman–Crippen LogP) is 0.160. The average molecular weight is 271 g/mol. The van der Waals surface area contributed by atoms with E-state index in [0.29, 0.717) is 19.4 Å². The highest BCUT2D eigenvalue weighted by molar-refractivity contribution is 5.88. The number of urea groups is 1. The van der Waals surface area contributed by atoms with Crippen LogP contribution in [0.1, 0.15) is 32.6 Å². The number of nitrogens with zero attached hydrogens (tertiary/aromatic N) is 1. The molecule has 3 amide bonds. The molecule has 0 radical (unpaired) electrons. The van der Waals surface area contributed by atoms with Crippen molar-refractivity contribution in [1.82, 2.24) is 15.5 Å². The number of likely N-dealkylation sites (tertiary alicyclic amines) is 1. The molecule has 0 bridgehead atoms. The van der Waals surface area contributed by atoms with Crippen molar-refractivity contribution in [3.8, 4) is 0 Å². The summed E-state index contributed by atoms with van der Waals surface area (Å²) >= 11 is 0. The van der Waals surface area contributed by atoms with Gasteiger partial charge < -0.3 is 20.6 Å². The maximum Gasteiger partial charge on any atom is 0.326 e. The second-order valence-electron chi connectivity index (χ2n) is 4.57. The van der Waals surface area contributed by atoms with Crippen LogP contribution in [-0.2, 0) is 9.59 Å². The normalized spacial score (nSPS) is 20.5. The smallest absolute Gasteiger partial charge is 0.326 e. The summed E-state index contributed by atoms with van der Waals surface area (Å²) in [6.45, 7) is 2.16. The van der Waals surface area contributed by atoms with Crippen LogP contribution < -0.4 is 10.6 Å². The number of nitrogens with one attached hydrogen (secondary N) is 2. The van der Waals surface area contributed by atoms with E-state index >= 15 is 0 Å². The van der Waals surface area contributed by atoms with Gasteiger partial charge in [-0.3, -0.25) is 4.79 Å². The lowest BCUT2D eigenvalue weighted by Gasteiger charge is -2.35. The molecule has 19 heavy (non-hydrogen) atoms. The molecule has 3 N–H and O–H groups in total. The SMILES string of the molecule is CCC(NC(=O)N1CCCCC1C(=O)NC)C(=O)O. The van der Waals surface area contributed by atoms with Gasteiger partial charge >= 0.3 is 12.0 Å². The van der Waals surface area contributed by atoms with Crippen molar-refractivity contribution in [1.29, 1.82) is 0 Å². The van der Waals surface area contributed by atoms with Crippen LogP contribution in [0.4, 0.5) is 4.79 Å². The lowest BCUT2D eigenvalue weighted by atomic mass is 10.0. The Labute approximate surface area is 112 Å². The number of amides is 3. The van der Waals surface area contributed by atoms with Crippen LogP contribution in [0.15, 0.2) is 0 Å². The highest BCUT2D eigenvalue weighted by atomic mass is 16.4. The molecule has 2 atom stereocenters. The van der Waals surface area contributed by atoms with E-state index in [2.05, 4.69) is 10.6 Å². The van der Waals surface area contributed by atoms with Gasteiger partial charge in [0.05, 0.1) is 0 Å². The maximum absolute atomic E-state index is 12.1. The summed E-state index contributed by atoms with van der Waals surface area (Å²) in [5, 5.41) is 13.9. The van der Waals surface area contributed by atoms with Crippen LogP contribution >= 0.6 is 0 Å². The Hall–Kier alpha value is -1.79. The fourth-order valence-corrected chi connectivity index (χ4v) is 2.18. The van der Waals surface area contributed by atoms with Crippen molar-refractivity contribution in [2.75, 3.05) is 13.6 Å². The van der Waals surface area contributed by atoms with E-state index in [1.54, 1.807) is 6.92 Å². The van der Waals surface area contributed by atoms with Crippen molar-refractivity contribution in [3.05, 3.63) is 0 Å². The number of aliphatic carboxylic acids is 1. The van der Waals surface area contributed by atoms with Gasteiger partial charge in [-0.15, -0.1) is 0 Å². The van der Waals surface area contributed by atoms with Gasteiger partial charge in [0.15, 0.2) is 0 Å². The highest BCUT2D eigenvalue weighted by Gasteiger charge is 2.33. The molecule has 0 saturated carbocycles. The molecule has 1 saturated heterocycles. The monoisotopic (exact) mass is 271 g/mol. The van der Waals surface area contributed by atoms with E-state index in [1.165, 1.54) is 11.9 Å². The predicted molar refractivity (Wildman–Crippen MR) is 68.7 cm³/mol. The van der Waals surface area contributed by atoms with Gasteiger partial charge in [0, 0.05) is 13.6 Å². The first kappa shape index (κ1) is 15.3. The number of piperidine rings is 1. The number of hydrogen-bond donors (Lipinski definition) is 3. The molecule has 1 rings (SSSR count). The minimum atomic E-state index is -1.07. The molecule has 1 fully saturated rings. The standard InChI is InChI=1S/C12H21N3O4/c1-3-8(11(17)18)14-12(19)15-7-5-4-6-9(15)10(16)13-2/h8-9H,3-7H2,1-2H3,(H,13,16)(H,14,19)(H,17,18). The lowest BCUT2D eigenvalue weighted by Crippen LogP contribution is -2.56. The fourth-order valence-electron chi connectivity index (χ4n) is 2.18. The van der Waals surface area contributed by atoms with E-state index in [-0.39, 0.29) is 5.91 Å². The molecule has 0 aromatic rings. The third-order valence-electron chi connectivity index (χ3n) is 3.32. The molecule has 1 heterocycles. The molecule has 1 aliphatic heterocycles. The van der Waals surface area contributed by atoms with Gasteiger partial charge in [0.25, 0.3) is 0 Å². The van der Waals surface area contributed by atoms with Crippen molar-refractivity contribution < 1.29 is 19.5 Å². The summed E-state index contributed by atoms with van der Waals surface area (Å²) in [6, 6.07) is -1.91. The minimum absolute atomic E-state index is 0.210. The first-order chi connectivity index (χ1) is 9.01. The van der Waals surface area contributed by atoms with Gasteiger partial charge in [-0.25, -0.2) is 9.59 Å². The molecule has 108 valence electrons. The van der Waals surface area contributed by atoms with E-state index in [0.717, 1.165) is 12.8 Å². The van der Waals surface area contributed by atoms with Crippen LogP contribution in [-0.4, -0.2) is 53.6 Å². The van der Waals surface area contributed by atoms with E-state index in [4.69, 9.17) is 5.11 Å². The van der Waals surface area contributed by atoms with Gasteiger partial charge in [-0.1, -0.05) is 6.92 Å². The van der Waals surface area contributed by atoms with Crippen LogP contribution in [0.5, 0.6) is 0 Å². The van der Waals surface area contributed by atoms with Gasteiger partial charge in [-0.2, -0.15) is 0 Å². The van der Waals surface area contributed by atoms with Crippen LogP contribution in [0.3, 0.4) is 0 Å². The maximum atomic E-state index is 12.1. The molecule has 7 nitrogen and oxygen atoms in total. The Morgan fingerprint density at radius 1 is 1.37 bits per heavy atom. The summed E-state index contributed by atoms with van der Waals surface area (Å²) < 4.78 is 0. The van der Waals surface area contributed by atoms with Gasteiger partial charge in [0.2, 0.25) is 5.91 Å². The number of carbonyl (C=O) groups is 3. The van der Waals surface area contributed by atoms with Crippen molar-refractivity contribution in [2.24, 2.45) is 0 Å². The summed E-state index contributed by atoms with van der Waals surface area (Å²) in [5.41, 5.74) is 0. The van der Waals surface area contributed by atoms with Crippen LogP contribution in [0, 0.1) is 0 Å². The molecular formula is C12H21N3O4. The minimum Gasteiger partial charge on any atom is -0.480 e. The third-order valence-corrected chi connectivity index (χ3v) is 3.32. The number of carboxylic acid groups (broad SMARTS) is 1. The molecular weight excluding hydrogens is 250 g/mol. The Kier molecular flexibility index (Phi) is 5.59. The number of carboxylic acids is 1. The zero-order valence-electron chi connectivity index (χ0n) is 11.3.